The van der Waals surface area contributed by atoms with Crippen LogP contribution in [0.1, 0.15) is 25.7 Å². The van der Waals surface area contributed by atoms with E-state index in [0.717, 1.165) is 18.9 Å². The van der Waals surface area contributed by atoms with Gasteiger partial charge in [0, 0.05) is 19.1 Å². The lowest BCUT2D eigenvalue weighted by Crippen LogP contribution is -2.41. The van der Waals surface area contributed by atoms with Crippen LogP contribution in [0.5, 0.6) is 0 Å². The Kier molecular flexibility index (Phi) is 3.75. The number of rotatable bonds is 2. The van der Waals surface area contributed by atoms with Gasteiger partial charge in [0.25, 0.3) is 0 Å². The van der Waals surface area contributed by atoms with Crippen molar-refractivity contribution in [2.24, 2.45) is 0 Å². The summed E-state index contributed by atoms with van der Waals surface area (Å²) < 4.78 is 0. The number of halogens is 1. The number of nitrogens with zero attached hydrogens (tertiary/aromatic N) is 4. The van der Waals surface area contributed by atoms with Crippen molar-refractivity contribution < 1.29 is 0 Å². The smallest absolute Gasteiger partial charge is 0.153 e. The molecule has 1 atom stereocenters. The number of hydrogen-bond acceptors (Lipinski definition) is 5. The monoisotopic (exact) mass is 281 g/mol. The summed E-state index contributed by atoms with van der Waals surface area (Å²) in [6, 6.07) is 0.632. The van der Waals surface area contributed by atoms with Crippen LogP contribution in [0.25, 0.3) is 0 Å². The van der Waals surface area contributed by atoms with Gasteiger partial charge in [-0.15, -0.1) is 0 Å². The first-order chi connectivity index (χ1) is 9.25. The molecule has 6 heteroatoms. The van der Waals surface area contributed by atoms with E-state index in [9.17, 15) is 0 Å². The number of hydrogen-bond donors (Lipinski definition) is 1. The first kappa shape index (κ1) is 12.9. The maximum Gasteiger partial charge on any atom is 0.153 e. The highest BCUT2D eigenvalue weighted by Gasteiger charge is 2.30. The minimum atomic E-state index is 0.369. The Balaban J connectivity index is 1.69. The van der Waals surface area contributed by atoms with Gasteiger partial charge in [-0.05, 0) is 32.4 Å². The predicted molar refractivity (Wildman–Crippen MR) is 77.5 cm³/mol. The van der Waals surface area contributed by atoms with Crippen molar-refractivity contribution in [1.29, 1.82) is 0 Å². The van der Waals surface area contributed by atoms with E-state index in [1.54, 1.807) is 0 Å². The van der Waals surface area contributed by atoms with E-state index in [1.165, 1.54) is 45.1 Å². The molecule has 19 heavy (non-hydrogen) atoms. The average Bonchev–Trinajstić information content (AvgIpc) is 2.92. The second-order valence-electron chi connectivity index (χ2n) is 5.38. The van der Waals surface area contributed by atoms with Gasteiger partial charge in [0.15, 0.2) is 5.82 Å². The molecule has 2 N–H and O–H groups in total. The molecule has 0 bridgehead atoms. The Morgan fingerprint density at radius 1 is 1.16 bits per heavy atom. The molecule has 2 aliphatic rings. The molecule has 0 spiro atoms. The van der Waals surface area contributed by atoms with Gasteiger partial charge >= 0.3 is 0 Å². The van der Waals surface area contributed by atoms with Gasteiger partial charge in [-0.2, -0.15) is 0 Å². The summed E-state index contributed by atoms with van der Waals surface area (Å²) in [5.74, 6) is 1.15. The zero-order chi connectivity index (χ0) is 13.2. The molecule has 104 valence electrons. The van der Waals surface area contributed by atoms with Crippen molar-refractivity contribution in [2.75, 3.05) is 36.8 Å². The largest absolute Gasteiger partial charge is 0.382 e. The van der Waals surface area contributed by atoms with Crippen molar-refractivity contribution in [3.8, 4) is 0 Å². The number of piperidine rings is 1. The van der Waals surface area contributed by atoms with E-state index in [2.05, 4.69) is 19.8 Å². The summed E-state index contributed by atoms with van der Waals surface area (Å²) in [4.78, 5) is 13.1. The molecule has 1 aromatic rings. The standard InChI is InChI=1S/C13H20ClN5/c14-11-12(15)16-9-17-13(11)19-7-4-10(8-19)18-5-2-1-3-6-18/h9-10H,1-8H2,(H2,15,16,17). The number of anilines is 2. The van der Waals surface area contributed by atoms with E-state index in [0.29, 0.717) is 16.9 Å². The molecule has 3 heterocycles. The summed E-state index contributed by atoms with van der Waals surface area (Å²) >= 11 is 6.20. The molecule has 1 aromatic heterocycles. The van der Waals surface area contributed by atoms with Crippen molar-refractivity contribution in [1.82, 2.24) is 14.9 Å². The zero-order valence-electron chi connectivity index (χ0n) is 11.1. The van der Waals surface area contributed by atoms with E-state index in [4.69, 9.17) is 17.3 Å². The fraction of sp³-hybridized carbons (Fsp3) is 0.692. The third kappa shape index (κ3) is 2.62. The van der Waals surface area contributed by atoms with Crippen LogP contribution in [0.3, 0.4) is 0 Å². The van der Waals surface area contributed by atoms with Gasteiger partial charge in [-0.3, -0.25) is 4.90 Å². The second kappa shape index (κ2) is 5.51. The number of nitrogen functional groups attached to an aromatic ring is 1. The quantitative estimate of drug-likeness (QED) is 0.895. The lowest BCUT2D eigenvalue weighted by molar-refractivity contribution is 0.175. The first-order valence-electron chi connectivity index (χ1n) is 7.00. The van der Waals surface area contributed by atoms with E-state index in [-0.39, 0.29) is 0 Å². The molecule has 1 unspecified atom stereocenters. The van der Waals surface area contributed by atoms with Crippen molar-refractivity contribution in [3.05, 3.63) is 11.3 Å². The molecule has 3 rings (SSSR count). The summed E-state index contributed by atoms with van der Waals surface area (Å²) in [7, 11) is 0. The highest BCUT2D eigenvalue weighted by molar-refractivity contribution is 6.35. The molecule has 5 nitrogen and oxygen atoms in total. The molecule has 0 aliphatic carbocycles. The third-order valence-electron chi connectivity index (χ3n) is 4.17. The van der Waals surface area contributed by atoms with Crippen molar-refractivity contribution in [3.63, 3.8) is 0 Å². The van der Waals surface area contributed by atoms with Crippen LogP contribution < -0.4 is 10.6 Å². The highest BCUT2D eigenvalue weighted by atomic mass is 35.5. The lowest BCUT2D eigenvalue weighted by Gasteiger charge is -2.32. The minimum Gasteiger partial charge on any atom is -0.382 e. The Hall–Kier alpha value is -1.07. The topological polar surface area (TPSA) is 58.3 Å². The van der Waals surface area contributed by atoms with Crippen LogP contribution in [-0.2, 0) is 0 Å². The van der Waals surface area contributed by atoms with E-state index < -0.39 is 0 Å². The summed E-state index contributed by atoms with van der Waals surface area (Å²) in [6.45, 7) is 4.46. The number of aromatic nitrogens is 2. The van der Waals surface area contributed by atoms with Gasteiger partial charge in [-0.25, -0.2) is 9.97 Å². The highest BCUT2D eigenvalue weighted by Crippen LogP contribution is 2.30. The molecule has 0 aromatic carbocycles. The lowest BCUT2D eigenvalue weighted by atomic mass is 10.1. The van der Waals surface area contributed by atoms with Crippen molar-refractivity contribution >= 4 is 23.2 Å². The van der Waals surface area contributed by atoms with Crippen LogP contribution in [0, 0.1) is 0 Å². The Labute approximate surface area is 118 Å². The summed E-state index contributed by atoms with van der Waals surface area (Å²) in [6.07, 6.45) is 6.71. The van der Waals surface area contributed by atoms with Gasteiger partial charge < -0.3 is 10.6 Å². The SMILES string of the molecule is Nc1ncnc(N2CCC(N3CCCCC3)C2)c1Cl. The number of likely N-dealkylation sites (tertiary alicyclic amines) is 1. The molecule has 0 amide bonds. The summed E-state index contributed by atoms with van der Waals surface area (Å²) in [5, 5.41) is 0.488. The van der Waals surface area contributed by atoms with E-state index in [1.807, 2.05) is 0 Å². The van der Waals surface area contributed by atoms with Gasteiger partial charge in [0.05, 0.1) is 0 Å². The van der Waals surface area contributed by atoms with Gasteiger partial charge in [0.2, 0.25) is 0 Å². The van der Waals surface area contributed by atoms with Crippen LogP contribution in [0.2, 0.25) is 5.02 Å². The zero-order valence-corrected chi connectivity index (χ0v) is 11.8. The Morgan fingerprint density at radius 2 is 1.95 bits per heavy atom. The summed E-state index contributed by atoms with van der Waals surface area (Å²) in [5.41, 5.74) is 5.75. The van der Waals surface area contributed by atoms with E-state index >= 15 is 0 Å². The normalized spacial score (nSPS) is 24.9. The van der Waals surface area contributed by atoms with Gasteiger partial charge in [0.1, 0.15) is 17.2 Å². The molecule has 2 saturated heterocycles. The van der Waals surface area contributed by atoms with Crippen LogP contribution in [-0.4, -0.2) is 47.1 Å². The third-order valence-corrected chi connectivity index (χ3v) is 4.53. The average molecular weight is 282 g/mol. The first-order valence-corrected chi connectivity index (χ1v) is 7.38. The Bertz CT molecular complexity index is 447. The Morgan fingerprint density at radius 3 is 2.74 bits per heavy atom. The number of nitrogens with two attached hydrogens (primary N) is 1. The predicted octanol–water partition coefficient (Wildman–Crippen LogP) is 1.78. The minimum absolute atomic E-state index is 0.369. The fourth-order valence-electron chi connectivity index (χ4n) is 3.11. The maximum absolute atomic E-state index is 6.20. The molecular formula is C13H20ClN5. The molecular weight excluding hydrogens is 262 g/mol. The fourth-order valence-corrected chi connectivity index (χ4v) is 3.33. The van der Waals surface area contributed by atoms with Crippen LogP contribution in [0.4, 0.5) is 11.6 Å². The molecule has 2 fully saturated rings. The van der Waals surface area contributed by atoms with Gasteiger partial charge in [-0.1, -0.05) is 18.0 Å². The molecule has 0 saturated carbocycles. The van der Waals surface area contributed by atoms with Crippen LogP contribution in [0.15, 0.2) is 6.33 Å². The molecule has 0 radical (unpaired) electrons. The molecule has 2 aliphatic heterocycles. The van der Waals surface area contributed by atoms with Crippen molar-refractivity contribution in [2.45, 2.75) is 31.7 Å². The second-order valence-corrected chi connectivity index (χ2v) is 5.76. The maximum atomic E-state index is 6.20. The van der Waals surface area contributed by atoms with Crippen LogP contribution >= 0.6 is 11.6 Å².